The predicted molar refractivity (Wildman–Crippen MR) is 111 cm³/mol. The van der Waals surface area contributed by atoms with Crippen LogP contribution >= 0.6 is 0 Å². The number of ether oxygens (including phenoxy) is 1. The minimum absolute atomic E-state index is 0.0351. The topological polar surface area (TPSA) is 131 Å². The van der Waals surface area contributed by atoms with Gasteiger partial charge in [-0.2, -0.15) is 10.4 Å². The van der Waals surface area contributed by atoms with Gasteiger partial charge in [-0.1, -0.05) is 12.1 Å². The highest BCUT2D eigenvalue weighted by molar-refractivity contribution is 7.89. The van der Waals surface area contributed by atoms with Crippen molar-refractivity contribution in [2.24, 2.45) is 5.14 Å². The number of halogens is 2. The molecule has 12 heteroatoms. The smallest absolute Gasteiger partial charge is 0.283 e. The van der Waals surface area contributed by atoms with E-state index in [1.807, 2.05) is 19.9 Å². The van der Waals surface area contributed by atoms with E-state index in [1.165, 1.54) is 28.9 Å². The summed E-state index contributed by atoms with van der Waals surface area (Å²) >= 11 is 0. The molecular weight excluding hydrogens is 444 g/mol. The number of carbonyl (C=O) groups is 1. The highest BCUT2D eigenvalue weighted by Crippen LogP contribution is 2.32. The van der Waals surface area contributed by atoms with Crippen LogP contribution in [0.5, 0.6) is 0 Å². The van der Waals surface area contributed by atoms with Crippen LogP contribution in [0, 0.1) is 11.3 Å². The Bertz CT molecular complexity index is 1130. The van der Waals surface area contributed by atoms with E-state index in [0.717, 1.165) is 0 Å². The zero-order valence-corrected chi connectivity index (χ0v) is 18.3. The van der Waals surface area contributed by atoms with Crippen LogP contribution < -0.4 is 10.0 Å². The fourth-order valence-electron chi connectivity index (χ4n) is 3.74. The first-order valence-corrected chi connectivity index (χ1v) is 11.4. The van der Waals surface area contributed by atoms with Crippen LogP contribution in [0.25, 0.3) is 0 Å². The normalized spacial score (nSPS) is 19.2. The Hall–Kier alpha value is -2.88. The number of primary sulfonamides is 1. The first-order valence-electron chi connectivity index (χ1n) is 9.86. The van der Waals surface area contributed by atoms with Crippen LogP contribution in [0.15, 0.2) is 29.2 Å². The minimum atomic E-state index is -3.88. The SMILES string of the molecule is CC1CN(c2c(C#N)c(C(F)F)nn2CCC(=O)c2ccc(S(N)(=O)=O)cc2)CC(C)O1. The third-order valence-corrected chi connectivity index (χ3v) is 5.98. The van der Waals surface area contributed by atoms with Crippen LogP contribution in [0.1, 0.15) is 48.3 Å². The van der Waals surface area contributed by atoms with Crippen LogP contribution in [0.4, 0.5) is 14.6 Å². The first-order chi connectivity index (χ1) is 15.0. The molecule has 2 aromatic rings. The molecule has 0 spiro atoms. The fourth-order valence-corrected chi connectivity index (χ4v) is 4.26. The number of alkyl halides is 2. The predicted octanol–water partition coefficient (Wildman–Crippen LogP) is 2.23. The number of Topliss-reactive ketones (excluding diaryl/α,β-unsaturated/α-hetero) is 1. The van der Waals surface area contributed by atoms with Crippen molar-refractivity contribution in [1.29, 1.82) is 5.26 Å². The number of ketones is 1. The van der Waals surface area contributed by atoms with E-state index in [0.29, 0.717) is 13.1 Å². The van der Waals surface area contributed by atoms with E-state index in [-0.39, 0.29) is 52.8 Å². The zero-order chi connectivity index (χ0) is 23.6. The van der Waals surface area contributed by atoms with E-state index in [4.69, 9.17) is 9.88 Å². The molecule has 172 valence electrons. The van der Waals surface area contributed by atoms with Gasteiger partial charge >= 0.3 is 0 Å². The number of morpholine rings is 1. The second-order valence-electron chi connectivity index (χ2n) is 7.62. The summed E-state index contributed by atoms with van der Waals surface area (Å²) in [6.45, 7) is 4.43. The third-order valence-electron chi connectivity index (χ3n) is 5.05. The Morgan fingerprint density at radius 1 is 1.28 bits per heavy atom. The standard InChI is InChI=1S/C20H23F2N5O4S/c1-12-10-26(11-13(2)31-12)20-16(9-23)18(19(21)22)25-27(20)8-7-17(28)14-3-5-15(6-4-14)32(24,29)30/h3-6,12-13,19H,7-8,10-11H2,1-2H3,(H2,24,29,30). The van der Waals surface area contributed by atoms with Gasteiger partial charge < -0.3 is 9.64 Å². The summed E-state index contributed by atoms with van der Waals surface area (Å²) in [7, 11) is -3.88. The van der Waals surface area contributed by atoms with Crippen LogP contribution in [0.3, 0.4) is 0 Å². The molecule has 0 amide bonds. The van der Waals surface area contributed by atoms with E-state index in [2.05, 4.69) is 5.10 Å². The number of rotatable bonds is 7. The molecule has 0 bridgehead atoms. The number of hydrogen-bond donors (Lipinski definition) is 1. The van der Waals surface area contributed by atoms with Crippen molar-refractivity contribution in [2.75, 3.05) is 18.0 Å². The first kappa shape index (κ1) is 23.8. The Morgan fingerprint density at radius 3 is 2.38 bits per heavy atom. The van der Waals surface area contributed by atoms with Gasteiger partial charge in [-0.05, 0) is 26.0 Å². The number of aromatic nitrogens is 2. The van der Waals surface area contributed by atoms with Gasteiger partial charge in [0.15, 0.2) is 5.78 Å². The minimum Gasteiger partial charge on any atom is -0.372 e. The monoisotopic (exact) mass is 467 g/mol. The number of hydrogen-bond acceptors (Lipinski definition) is 7. The molecule has 2 unspecified atom stereocenters. The number of carbonyl (C=O) groups excluding carboxylic acids is 1. The number of benzene rings is 1. The summed E-state index contributed by atoms with van der Waals surface area (Å²) in [5.41, 5.74) is -0.597. The summed E-state index contributed by atoms with van der Waals surface area (Å²) in [4.78, 5) is 14.3. The number of sulfonamides is 1. The molecule has 0 aliphatic carbocycles. The maximum Gasteiger partial charge on any atom is 0.283 e. The molecule has 9 nitrogen and oxygen atoms in total. The summed E-state index contributed by atoms with van der Waals surface area (Å²) in [5, 5.41) is 18.5. The summed E-state index contributed by atoms with van der Waals surface area (Å²) in [6.07, 6.45) is -3.39. The lowest BCUT2D eigenvalue weighted by molar-refractivity contribution is -0.00573. The molecule has 1 fully saturated rings. The van der Waals surface area contributed by atoms with E-state index in [1.54, 1.807) is 4.90 Å². The molecule has 2 heterocycles. The van der Waals surface area contributed by atoms with Crippen molar-refractivity contribution in [1.82, 2.24) is 9.78 Å². The highest BCUT2D eigenvalue weighted by atomic mass is 32.2. The van der Waals surface area contributed by atoms with Gasteiger partial charge in [-0.25, -0.2) is 27.0 Å². The molecule has 1 saturated heterocycles. The number of aryl methyl sites for hydroxylation is 1. The Kier molecular flexibility index (Phi) is 6.92. The number of anilines is 1. The lowest BCUT2D eigenvalue weighted by Gasteiger charge is -2.36. The fraction of sp³-hybridized carbons (Fsp3) is 0.450. The molecule has 32 heavy (non-hydrogen) atoms. The quantitative estimate of drug-likeness (QED) is 0.618. The van der Waals surface area contributed by atoms with Crippen LogP contribution in [-0.4, -0.2) is 49.3 Å². The van der Waals surface area contributed by atoms with Gasteiger partial charge in [-0.3, -0.25) is 4.79 Å². The lowest BCUT2D eigenvalue weighted by atomic mass is 10.1. The van der Waals surface area contributed by atoms with Crippen molar-refractivity contribution in [2.45, 2.75) is 50.3 Å². The molecule has 2 N–H and O–H groups in total. The molecule has 1 aliphatic heterocycles. The van der Waals surface area contributed by atoms with Gasteiger partial charge in [0.2, 0.25) is 10.0 Å². The molecular formula is C20H23F2N5O4S. The molecule has 0 saturated carbocycles. The van der Waals surface area contributed by atoms with Gasteiger partial charge in [0.1, 0.15) is 23.1 Å². The van der Waals surface area contributed by atoms with Crippen molar-refractivity contribution < 1.29 is 26.7 Å². The molecule has 1 aromatic heterocycles. The number of nitriles is 1. The van der Waals surface area contributed by atoms with Gasteiger partial charge in [0.05, 0.1) is 23.6 Å². The Morgan fingerprint density at radius 2 is 1.88 bits per heavy atom. The maximum atomic E-state index is 13.5. The lowest BCUT2D eigenvalue weighted by Crippen LogP contribution is -2.46. The largest absolute Gasteiger partial charge is 0.372 e. The van der Waals surface area contributed by atoms with Gasteiger partial charge in [-0.15, -0.1) is 0 Å². The zero-order valence-electron chi connectivity index (χ0n) is 17.5. The molecule has 1 aromatic carbocycles. The van der Waals surface area contributed by atoms with E-state index in [9.17, 15) is 27.3 Å². The van der Waals surface area contributed by atoms with Crippen LogP contribution in [0.2, 0.25) is 0 Å². The van der Waals surface area contributed by atoms with Crippen LogP contribution in [-0.2, 0) is 21.3 Å². The number of nitrogens with zero attached hydrogens (tertiary/aromatic N) is 4. The second-order valence-corrected chi connectivity index (χ2v) is 9.19. The Balaban J connectivity index is 1.87. The summed E-state index contributed by atoms with van der Waals surface area (Å²) in [6, 6.07) is 6.95. The van der Waals surface area contributed by atoms with E-state index >= 15 is 0 Å². The van der Waals surface area contributed by atoms with Crippen molar-refractivity contribution in [3.8, 4) is 6.07 Å². The molecule has 3 rings (SSSR count). The average Bonchev–Trinajstić information content (AvgIpc) is 3.09. The maximum absolute atomic E-state index is 13.5. The van der Waals surface area contributed by atoms with Gasteiger partial charge in [0.25, 0.3) is 6.43 Å². The van der Waals surface area contributed by atoms with E-state index < -0.39 is 22.1 Å². The molecule has 1 aliphatic rings. The Labute approximate surface area is 184 Å². The second kappa shape index (κ2) is 9.32. The third kappa shape index (κ3) is 5.12. The summed E-state index contributed by atoms with van der Waals surface area (Å²) < 4.78 is 56.7. The van der Waals surface area contributed by atoms with Gasteiger partial charge in [0, 0.05) is 25.1 Å². The van der Waals surface area contributed by atoms with Crippen molar-refractivity contribution >= 4 is 21.6 Å². The molecule has 2 atom stereocenters. The van der Waals surface area contributed by atoms with Crippen molar-refractivity contribution in [3.05, 3.63) is 41.1 Å². The number of nitrogens with two attached hydrogens (primary N) is 1. The highest BCUT2D eigenvalue weighted by Gasteiger charge is 2.31. The summed E-state index contributed by atoms with van der Waals surface area (Å²) in [5.74, 6) is -0.101. The molecule has 0 radical (unpaired) electrons. The van der Waals surface area contributed by atoms with Crippen molar-refractivity contribution in [3.63, 3.8) is 0 Å². The average molecular weight is 467 g/mol.